The first-order chi connectivity index (χ1) is 11.7. The lowest BCUT2D eigenvalue weighted by atomic mass is 10.1. The van der Waals surface area contributed by atoms with Crippen molar-refractivity contribution in [2.45, 2.75) is 45.6 Å². The second kappa shape index (κ2) is 6.19. The van der Waals surface area contributed by atoms with Gasteiger partial charge in [-0.1, -0.05) is 17.7 Å². The van der Waals surface area contributed by atoms with Gasteiger partial charge in [-0.15, -0.1) is 0 Å². The highest BCUT2D eigenvalue weighted by atomic mass is 32.2. The predicted octanol–water partition coefficient (Wildman–Crippen LogP) is 4.34. The number of nitrogens with zero attached hydrogens (tertiary/aromatic N) is 2. The fraction of sp³-hybridized carbons (Fsp3) is 0.316. The van der Waals surface area contributed by atoms with Crippen molar-refractivity contribution in [3.05, 3.63) is 53.3 Å². The number of fused-ring (bicyclic) bond motifs is 1. The molecule has 132 valence electrons. The van der Waals surface area contributed by atoms with Gasteiger partial charge in [-0.05, 0) is 63.9 Å². The van der Waals surface area contributed by atoms with E-state index in [0.29, 0.717) is 11.2 Å². The first kappa shape index (κ1) is 17.5. The van der Waals surface area contributed by atoms with E-state index in [1.807, 2.05) is 25.3 Å². The second-order valence-electron chi connectivity index (χ2n) is 6.73. The van der Waals surface area contributed by atoms with Gasteiger partial charge in [-0.3, -0.25) is 4.72 Å². The number of benzene rings is 2. The number of aromatic nitrogens is 2. The maximum absolute atomic E-state index is 12.8. The van der Waals surface area contributed by atoms with E-state index in [-0.39, 0.29) is 10.9 Å². The molecule has 0 bridgehead atoms. The molecule has 0 unspecified atom stereocenters. The molecule has 0 atom stereocenters. The first-order valence-electron chi connectivity index (χ1n) is 8.27. The van der Waals surface area contributed by atoms with Crippen LogP contribution in [-0.2, 0) is 10.0 Å². The van der Waals surface area contributed by atoms with Crippen LogP contribution in [0.3, 0.4) is 0 Å². The molecule has 0 aliphatic rings. The van der Waals surface area contributed by atoms with Crippen molar-refractivity contribution in [2.75, 3.05) is 4.72 Å². The van der Waals surface area contributed by atoms with Crippen LogP contribution in [0.15, 0.2) is 41.6 Å². The molecule has 0 aliphatic heterocycles. The van der Waals surface area contributed by atoms with E-state index in [1.54, 1.807) is 30.6 Å². The number of hydrogen-bond donors (Lipinski definition) is 1. The Morgan fingerprint density at radius 3 is 2.32 bits per heavy atom. The summed E-state index contributed by atoms with van der Waals surface area (Å²) in [5.74, 6) is 0. The van der Waals surface area contributed by atoms with Crippen molar-refractivity contribution in [1.82, 2.24) is 9.55 Å². The van der Waals surface area contributed by atoms with Gasteiger partial charge in [-0.2, -0.15) is 0 Å². The first-order valence-corrected chi connectivity index (χ1v) is 9.75. The molecule has 0 aliphatic carbocycles. The highest BCUT2D eigenvalue weighted by Gasteiger charge is 2.20. The zero-order chi connectivity index (χ0) is 18.4. The molecule has 0 saturated carbocycles. The molecule has 0 radical (unpaired) electrons. The van der Waals surface area contributed by atoms with Gasteiger partial charge < -0.3 is 4.57 Å². The van der Waals surface area contributed by atoms with Gasteiger partial charge in [0.05, 0.1) is 22.4 Å². The Labute approximate surface area is 148 Å². The molecule has 0 fully saturated rings. The molecule has 3 rings (SSSR count). The van der Waals surface area contributed by atoms with Crippen molar-refractivity contribution >= 4 is 26.7 Å². The van der Waals surface area contributed by atoms with Gasteiger partial charge in [0.1, 0.15) is 5.52 Å². The summed E-state index contributed by atoms with van der Waals surface area (Å²) in [6, 6.07) is 9.12. The largest absolute Gasteiger partial charge is 0.328 e. The van der Waals surface area contributed by atoms with Crippen LogP contribution in [-0.4, -0.2) is 18.0 Å². The zero-order valence-electron chi connectivity index (χ0n) is 15.2. The van der Waals surface area contributed by atoms with Crippen molar-refractivity contribution in [3.8, 4) is 0 Å². The molecule has 1 N–H and O–H groups in total. The number of rotatable bonds is 4. The molecular weight excluding hydrogens is 334 g/mol. The van der Waals surface area contributed by atoms with Crippen LogP contribution in [0.5, 0.6) is 0 Å². The van der Waals surface area contributed by atoms with Crippen molar-refractivity contribution < 1.29 is 8.42 Å². The third-order valence-electron chi connectivity index (χ3n) is 4.51. The number of sulfonamides is 1. The number of aryl methyl sites for hydroxylation is 2. The van der Waals surface area contributed by atoms with Crippen LogP contribution < -0.4 is 4.72 Å². The second-order valence-corrected chi connectivity index (χ2v) is 8.41. The average molecular weight is 357 g/mol. The number of nitrogens with one attached hydrogen (secondary N) is 1. The minimum Gasteiger partial charge on any atom is -0.328 e. The van der Waals surface area contributed by atoms with E-state index in [9.17, 15) is 8.42 Å². The molecule has 1 heterocycles. The lowest BCUT2D eigenvalue weighted by molar-refractivity contribution is 0.601. The van der Waals surface area contributed by atoms with E-state index in [4.69, 9.17) is 0 Å². The quantitative estimate of drug-likeness (QED) is 0.755. The number of hydrogen-bond acceptors (Lipinski definition) is 3. The number of anilines is 1. The van der Waals surface area contributed by atoms with Crippen LogP contribution in [0, 0.1) is 20.8 Å². The lowest BCUT2D eigenvalue weighted by Gasteiger charge is -2.15. The van der Waals surface area contributed by atoms with Crippen molar-refractivity contribution in [2.24, 2.45) is 0 Å². The van der Waals surface area contributed by atoms with E-state index in [1.165, 1.54) is 0 Å². The molecule has 0 spiro atoms. The smallest absolute Gasteiger partial charge is 0.261 e. The third kappa shape index (κ3) is 3.14. The molecular formula is C19H23N3O2S. The van der Waals surface area contributed by atoms with Gasteiger partial charge >= 0.3 is 0 Å². The summed E-state index contributed by atoms with van der Waals surface area (Å²) in [7, 11) is -3.67. The number of imidazole rings is 1. The van der Waals surface area contributed by atoms with Gasteiger partial charge in [0.2, 0.25) is 0 Å². The summed E-state index contributed by atoms with van der Waals surface area (Å²) in [6.45, 7) is 9.97. The molecule has 1 aromatic heterocycles. The Bertz CT molecular complexity index is 1030. The minimum absolute atomic E-state index is 0.244. The summed E-state index contributed by atoms with van der Waals surface area (Å²) in [5.41, 5.74) is 5.08. The zero-order valence-corrected chi connectivity index (χ0v) is 16.0. The molecule has 5 nitrogen and oxygen atoms in total. The van der Waals surface area contributed by atoms with Crippen LogP contribution in [0.4, 0.5) is 5.69 Å². The topological polar surface area (TPSA) is 64.0 Å². The Balaban J connectivity index is 2.15. The van der Waals surface area contributed by atoms with Gasteiger partial charge in [0, 0.05) is 6.04 Å². The third-order valence-corrected chi connectivity index (χ3v) is 5.88. The van der Waals surface area contributed by atoms with Crippen molar-refractivity contribution in [3.63, 3.8) is 0 Å². The van der Waals surface area contributed by atoms with Crippen LogP contribution >= 0.6 is 0 Å². The molecule has 0 amide bonds. The SMILES string of the molecule is Cc1ccc(S(=O)(=O)Nc2c(C)c(C)cc3c2ncn3C(C)C)cc1. The minimum atomic E-state index is -3.67. The highest BCUT2D eigenvalue weighted by molar-refractivity contribution is 7.92. The summed E-state index contributed by atoms with van der Waals surface area (Å²) < 4.78 is 30.4. The fourth-order valence-electron chi connectivity index (χ4n) is 2.84. The van der Waals surface area contributed by atoms with E-state index < -0.39 is 10.0 Å². The molecule has 3 aromatic rings. The summed E-state index contributed by atoms with van der Waals surface area (Å²) in [4.78, 5) is 4.72. The van der Waals surface area contributed by atoms with Gasteiger partial charge in [-0.25, -0.2) is 13.4 Å². The molecule has 25 heavy (non-hydrogen) atoms. The molecule has 2 aromatic carbocycles. The molecule has 0 saturated heterocycles. The summed E-state index contributed by atoms with van der Waals surface area (Å²) >= 11 is 0. The Morgan fingerprint density at radius 2 is 1.72 bits per heavy atom. The maximum Gasteiger partial charge on any atom is 0.261 e. The Hall–Kier alpha value is -2.34. The average Bonchev–Trinajstić information content (AvgIpc) is 2.95. The van der Waals surface area contributed by atoms with E-state index in [0.717, 1.165) is 22.2 Å². The van der Waals surface area contributed by atoms with Crippen molar-refractivity contribution in [1.29, 1.82) is 0 Å². The molecule has 6 heteroatoms. The van der Waals surface area contributed by atoms with Crippen LogP contribution in [0.1, 0.15) is 36.6 Å². The highest BCUT2D eigenvalue weighted by Crippen LogP contribution is 2.32. The predicted molar refractivity (Wildman–Crippen MR) is 102 cm³/mol. The lowest BCUT2D eigenvalue weighted by Crippen LogP contribution is -2.14. The van der Waals surface area contributed by atoms with E-state index in [2.05, 4.69) is 29.6 Å². The standard InChI is InChI=1S/C19H23N3O2S/c1-12(2)22-11-20-19-17(22)10-14(4)15(5)18(19)21-25(23,24)16-8-6-13(3)7-9-16/h6-12,21H,1-5H3. The van der Waals surface area contributed by atoms with Gasteiger partial charge in [0.25, 0.3) is 10.0 Å². The monoisotopic (exact) mass is 357 g/mol. The fourth-order valence-corrected chi connectivity index (χ4v) is 3.97. The van der Waals surface area contributed by atoms with Gasteiger partial charge in [0.15, 0.2) is 0 Å². The van der Waals surface area contributed by atoms with Crippen LogP contribution in [0.2, 0.25) is 0 Å². The summed E-state index contributed by atoms with van der Waals surface area (Å²) in [6.07, 6.45) is 1.76. The summed E-state index contributed by atoms with van der Waals surface area (Å²) in [5, 5.41) is 0. The Kier molecular flexibility index (Phi) is 4.33. The maximum atomic E-state index is 12.8. The van der Waals surface area contributed by atoms with E-state index >= 15 is 0 Å². The Morgan fingerprint density at radius 1 is 1.08 bits per heavy atom. The van der Waals surface area contributed by atoms with Crippen LogP contribution in [0.25, 0.3) is 11.0 Å². The normalized spacial score (nSPS) is 12.1.